The molecule has 0 saturated carbocycles. The minimum atomic E-state index is -0.204. The van der Waals surface area contributed by atoms with Crippen molar-refractivity contribution in [2.45, 2.75) is 67.2 Å². The van der Waals surface area contributed by atoms with E-state index in [0.717, 1.165) is 35.7 Å². The van der Waals surface area contributed by atoms with Crippen molar-refractivity contribution in [3.8, 4) is 5.69 Å². The summed E-state index contributed by atoms with van der Waals surface area (Å²) >= 11 is 2.08. The zero-order chi connectivity index (χ0) is 32.5. The number of nitrogens with two attached hydrogens (primary N) is 1. The number of carbonyl (C=O) groups excluding carboxylic acids is 1. The van der Waals surface area contributed by atoms with E-state index in [-0.39, 0.29) is 11.5 Å². The molecule has 0 aliphatic heterocycles. The Bertz CT molecular complexity index is 1650. The molecule has 5 aromatic rings. The van der Waals surface area contributed by atoms with Gasteiger partial charge < -0.3 is 15.8 Å². The van der Waals surface area contributed by atoms with Crippen molar-refractivity contribution in [3.63, 3.8) is 0 Å². The van der Waals surface area contributed by atoms with Crippen molar-refractivity contribution in [1.29, 1.82) is 0 Å². The van der Waals surface area contributed by atoms with Crippen LogP contribution in [0.5, 0.6) is 0 Å². The molecule has 236 valence electrons. The number of aromatic nitrogens is 6. The number of hydrogen-bond acceptors (Lipinski definition) is 9. The molecule has 0 atom stereocenters. The van der Waals surface area contributed by atoms with E-state index in [1.807, 2.05) is 76.2 Å². The lowest BCUT2D eigenvalue weighted by Crippen LogP contribution is -2.25. The second kappa shape index (κ2) is 19.3. The fourth-order valence-corrected chi connectivity index (χ4v) is 4.65. The molecular weight excluding hydrogens is 671 g/mol. The average Bonchev–Trinajstić information content (AvgIpc) is 3.44. The molecule has 0 unspecified atom stereocenters. The Balaban J connectivity index is 0.000000372. The van der Waals surface area contributed by atoms with Gasteiger partial charge in [0.25, 0.3) is 5.56 Å². The quantitative estimate of drug-likeness (QED) is 0.0963. The number of benzene rings is 2. The highest BCUT2D eigenvalue weighted by molar-refractivity contribution is 14.1. The summed E-state index contributed by atoms with van der Waals surface area (Å²) < 4.78 is 8.43. The Kier molecular flexibility index (Phi) is 15.8. The van der Waals surface area contributed by atoms with Crippen molar-refractivity contribution >= 4 is 62.4 Å². The molecule has 3 N–H and O–H groups in total. The van der Waals surface area contributed by atoms with Gasteiger partial charge in [-0.3, -0.25) is 16.9 Å². The number of esters is 1. The predicted molar refractivity (Wildman–Crippen MR) is 188 cm³/mol. The third kappa shape index (κ3) is 9.46. The first kappa shape index (κ1) is 36.1. The third-order valence-electron chi connectivity index (χ3n) is 5.96. The molecule has 0 saturated heterocycles. The molecule has 44 heavy (non-hydrogen) atoms. The molecule has 0 bridgehead atoms. The number of para-hydroxylation sites is 1. The van der Waals surface area contributed by atoms with Crippen molar-refractivity contribution in [2.24, 2.45) is 0 Å². The fraction of sp³-hybridized carbons (Fsp3) is 0.375. The van der Waals surface area contributed by atoms with E-state index in [0.29, 0.717) is 48.2 Å². The smallest absolute Gasteiger partial charge is 0.305 e. The van der Waals surface area contributed by atoms with E-state index in [9.17, 15) is 9.59 Å². The second-order valence-electron chi connectivity index (χ2n) is 8.78. The molecule has 0 radical (unpaired) electrons. The number of fused-ring (bicyclic) bond motifs is 2. The molecule has 2 aromatic carbocycles. The minimum absolute atomic E-state index is 0.0851. The van der Waals surface area contributed by atoms with E-state index < -0.39 is 0 Å². The summed E-state index contributed by atoms with van der Waals surface area (Å²) in [6, 6.07) is 15.2. The highest BCUT2D eigenvalue weighted by Crippen LogP contribution is 2.21. The number of anilines is 2. The van der Waals surface area contributed by atoms with E-state index in [1.165, 1.54) is 6.33 Å². The maximum absolute atomic E-state index is 13.5. The van der Waals surface area contributed by atoms with Crippen molar-refractivity contribution < 1.29 is 9.53 Å². The van der Waals surface area contributed by atoms with Crippen LogP contribution in [0.4, 0.5) is 11.5 Å². The number of nitrogen functional groups attached to an aromatic ring is 1. The number of halogens is 1. The van der Waals surface area contributed by atoms with Gasteiger partial charge in [-0.15, -0.1) is 0 Å². The lowest BCUT2D eigenvalue weighted by Gasteiger charge is -2.15. The number of hydrogen-bond donors (Lipinski definition) is 2. The van der Waals surface area contributed by atoms with E-state index in [1.54, 1.807) is 20.6 Å². The van der Waals surface area contributed by atoms with Crippen LogP contribution >= 0.6 is 22.9 Å². The largest absolute Gasteiger partial charge is 0.466 e. The number of ether oxygens (including phenoxy) is 1. The Hall–Kier alpha value is -4.07. The van der Waals surface area contributed by atoms with Crippen LogP contribution in [0.15, 0.2) is 66.0 Å². The minimum Gasteiger partial charge on any atom is -0.466 e. The van der Waals surface area contributed by atoms with Crippen LogP contribution in [0.3, 0.4) is 0 Å². The SMILES string of the molecule is CC.CC.CCCc1nc2cccc(NCCCC(=O)OCC)c2c(=O)n1-c1ccccc1.Nc1ncnc2c1ncn2I. The Labute approximate surface area is 272 Å². The van der Waals surface area contributed by atoms with Crippen LogP contribution in [-0.4, -0.2) is 46.4 Å². The number of rotatable bonds is 9. The molecule has 0 aliphatic rings. The van der Waals surface area contributed by atoms with E-state index in [4.69, 9.17) is 15.5 Å². The summed E-state index contributed by atoms with van der Waals surface area (Å²) in [5, 5.41) is 3.86. The number of nitrogens with one attached hydrogen (secondary N) is 1. The van der Waals surface area contributed by atoms with Gasteiger partial charge >= 0.3 is 5.97 Å². The highest BCUT2D eigenvalue weighted by atomic mass is 127. The summed E-state index contributed by atoms with van der Waals surface area (Å²) in [5.74, 6) is 0.977. The monoisotopic (exact) mass is 714 g/mol. The van der Waals surface area contributed by atoms with Gasteiger partial charge in [-0.1, -0.05) is 58.9 Å². The number of nitrogens with zero attached hydrogens (tertiary/aromatic N) is 6. The Morgan fingerprint density at radius 1 is 1.00 bits per heavy atom. The normalized spacial score (nSPS) is 10.1. The molecular formula is C32H43IN8O3. The molecule has 0 amide bonds. The molecule has 0 aliphatic carbocycles. The van der Waals surface area contributed by atoms with Gasteiger partial charge in [0.1, 0.15) is 18.5 Å². The fourth-order valence-electron chi connectivity index (χ4n) is 4.17. The van der Waals surface area contributed by atoms with Crippen molar-refractivity contribution in [2.75, 3.05) is 24.2 Å². The van der Waals surface area contributed by atoms with Crippen molar-refractivity contribution in [3.05, 3.63) is 77.4 Å². The van der Waals surface area contributed by atoms with Crippen molar-refractivity contribution in [1.82, 2.24) is 27.3 Å². The zero-order valence-electron chi connectivity index (χ0n) is 26.4. The number of carbonyl (C=O) groups is 1. The summed E-state index contributed by atoms with van der Waals surface area (Å²) in [4.78, 5) is 41.6. The summed E-state index contributed by atoms with van der Waals surface area (Å²) in [6.07, 6.45) is 5.67. The number of imidazole rings is 1. The number of aryl methyl sites for hydroxylation is 1. The van der Waals surface area contributed by atoms with Crippen LogP contribution in [-0.2, 0) is 16.0 Å². The molecule has 3 heterocycles. The Morgan fingerprint density at radius 2 is 1.73 bits per heavy atom. The maximum Gasteiger partial charge on any atom is 0.305 e. The molecule has 0 fully saturated rings. The maximum atomic E-state index is 13.5. The first-order chi connectivity index (χ1) is 21.4. The molecule has 5 rings (SSSR count). The van der Waals surface area contributed by atoms with Gasteiger partial charge in [0.2, 0.25) is 0 Å². The zero-order valence-corrected chi connectivity index (χ0v) is 28.5. The highest BCUT2D eigenvalue weighted by Gasteiger charge is 2.15. The molecule has 12 heteroatoms. The lowest BCUT2D eigenvalue weighted by molar-refractivity contribution is -0.143. The van der Waals surface area contributed by atoms with Gasteiger partial charge in [-0.2, -0.15) is 0 Å². The average molecular weight is 715 g/mol. The van der Waals surface area contributed by atoms with Crippen LogP contribution in [0, 0.1) is 0 Å². The van der Waals surface area contributed by atoms with Crippen LogP contribution in [0.2, 0.25) is 0 Å². The second-order valence-corrected chi connectivity index (χ2v) is 9.82. The van der Waals surface area contributed by atoms with Crippen LogP contribution < -0.4 is 16.6 Å². The molecule has 11 nitrogen and oxygen atoms in total. The van der Waals surface area contributed by atoms with Gasteiger partial charge in [0, 0.05) is 25.1 Å². The standard InChI is InChI=1S/C23H27N3O3.C5H4IN5.2C2H6/c1-3-10-20-25-19-14-8-13-18(24-16-9-15-21(27)29-4-2)22(19)23(28)26(20)17-11-6-5-7-12-17;6-11-2-10-3-4(7)8-1-9-5(3)11;2*1-2/h5-8,11-14,24H,3-4,9-10,15-16H2,1-2H3;1-2H,(H2,7,8,9);2*1-2H3. The van der Waals surface area contributed by atoms with Gasteiger partial charge in [0.15, 0.2) is 17.0 Å². The molecule has 3 aromatic heterocycles. The topological polar surface area (TPSA) is 143 Å². The summed E-state index contributed by atoms with van der Waals surface area (Å²) in [7, 11) is 0. The predicted octanol–water partition coefficient (Wildman–Crippen LogP) is 6.75. The van der Waals surface area contributed by atoms with Crippen LogP contribution in [0.1, 0.15) is 66.6 Å². The van der Waals surface area contributed by atoms with Gasteiger partial charge in [0.05, 0.1) is 46.1 Å². The third-order valence-corrected chi connectivity index (χ3v) is 6.66. The van der Waals surface area contributed by atoms with E-state index >= 15 is 0 Å². The van der Waals surface area contributed by atoms with E-state index in [2.05, 4.69) is 50.1 Å². The summed E-state index contributed by atoms with van der Waals surface area (Å²) in [6.45, 7) is 12.8. The first-order valence-corrected chi connectivity index (χ1v) is 16.0. The molecule has 0 spiro atoms. The Morgan fingerprint density at radius 3 is 2.39 bits per heavy atom. The first-order valence-electron chi connectivity index (χ1n) is 15.0. The summed E-state index contributed by atoms with van der Waals surface area (Å²) in [5.41, 5.74) is 9.08. The van der Waals surface area contributed by atoms with Gasteiger partial charge in [-0.05, 0) is 44.0 Å². The lowest BCUT2D eigenvalue weighted by atomic mass is 10.1. The van der Waals surface area contributed by atoms with Gasteiger partial charge in [-0.25, -0.2) is 19.9 Å². The van der Waals surface area contributed by atoms with Crippen LogP contribution in [0.25, 0.3) is 27.8 Å².